The van der Waals surface area contributed by atoms with Crippen LogP contribution in [0.2, 0.25) is 5.02 Å². The van der Waals surface area contributed by atoms with E-state index in [4.69, 9.17) is 20.8 Å². The van der Waals surface area contributed by atoms with Gasteiger partial charge < -0.3 is 9.15 Å². The molecule has 1 fully saturated rings. The topological polar surface area (TPSA) is 77.6 Å². The third-order valence-corrected chi connectivity index (χ3v) is 6.24. The fraction of sp³-hybridized carbons (Fsp3) is 0.320. The summed E-state index contributed by atoms with van der Waals surface area (Å²) in [5.74, 6) is -0.164. The highest BCUT2D eigenvalue weighted by atomic mass is 35.5. The number of hydrogen-bond acceptors (Lipinski definition) is 6. The van der Waals surface area contributed by atoms with Gasteiger partial charge in [0.15, 0.2) is 0 Å². The molecule has 2 aromatic carbocycles. The summed E-state index contributed by atoms with van der Waals surface area (Å²) in [6.07, 6.45) is 3.50. The lowest BCUT2D eigenvalue weighted by Crippen LogP contribution is -2.33. The van der Waals surface area contributed by atoms with E-state index in [2.05, 4.69) is 10.00 Å². The maximum absolute atomic E-state index is 13.3. The van der Waals surface area contributed by atoms with Gasteiger partial charge in [-0.3, -0.25) is 14.5 Å². The molecule has 0 unspecified atom stereocenters. The summed E-state index contributed by atoms with van der Waals surface area (Å²) in [4.78, 5) is 28.3. The van der Waals surface area contributed by atoms with Gasteiger partial charge in [0.05, 0.1) is 5.69 Å². The quantitative estimate of drug-likeness (QED) is 0.395. The molecule has 3 aliphatic heterocycles. The number of benzene rings is 2. The number of fused-ring (bicyclic) bond motifs is 3. The Balaban J connectivity index is 1.45. The first-order chi connectivity index (χ1) is 16.1. The number of likely N-dealkylation sites (tertiary alicyclic amines) is 1. The van der Waals surface area contributed by atoms with Gasteiger partial charge >= 0.3 is 5.97 Å². The molecule has 1 saturated heterocycles. The number of carbonyl (C=O) groups excluding carboxylic acids is 1. The van der Waals surface area contributed by atoms with Gasteiger partial charge in [-0.1, -0.05) is 30.2 Å². The molecule has 8 heteroatoms. The van der Waals surface area contributed by atoms with Crippen LogP contribution in [0.4, 0.5) is 0 Å². The Kier molecular flexibility index (Phi) is 6.15. The Hall–Kier alpha value is -3.16. The van der Waals surface area contributed by atoms with Gasteiger partial charge in [0.2, 0.25) is 0 Å². The summed E-state index contributed by atoms with van der Waals surface area (Å²) in [6.45, 7) is 3.13. The molecule has 0 radical (unpaired) electrons. The third kappa shape index (κ3) is 4.51. The molecule has 33 heavy (non-hydrogen) atoms. The summed E-state index contributed by atoms with van der Waals surface area (Å²) in [5.41, 5.74) is 1.57. The Morgan fingerprint density at radius 3 is 2.61 bits per heavy atom. The number of esters is 1. The molecule has 7 nitrogen and oxygen atoms in total. The summed E-state index contributed by atoms with van der Waals surface area (Å²) in [6, 6.07) is 14.2. The number of hydrogen-bond donors (Lipinski definition) is 0. The average Bonchev–Trinajstić information content (AvgIpc) is 3.18. The van der Waals surface area contributed by atoms with Crippen molar-refractivity contribution in [3.05, 3.63) is 69.7 Å². The number of aromatic nitrogens is 2. The van der Waals surface area contributed by atoms with Crippen LogP contribution in [-0.4, -0.2) is 46.9 Å². The highest BCUT2D eigenvalue weighted by molar-refractivity contribution is 6.30. The fourth-order valence-corrected chi connectivity index (χ4v) is 4.44. The van der Waals surface area contributed by atoms with E-state index in [0.717, 1.165) is 19.6 Å². The summed E-state index contributed by atoms with van der Waals surface area (Å²) in [7, 11) is 0. The van der Waals surface area contributed by atoms with Crippen LogP contribution >= 0.6 is 11.6 Å². The minimum atomic E-state index is -0.425. The van der Waals surface area contributed by atoms with Crippen molar-refractivity contribution in [3.8, 4) is 16.9 Å². The van der Waals surface area contributed by atoms with Gasteiger partial charge in [-0.25, -0.2) is 0 Å². The van der Waals surface area contributed by atoms with Gasteiger partial charge in [0.25, 0.3) is 5.56 Å². The van der Waals surface area contributed by atoms with E-state index >= 15 is 0 Å². The second-order valence-electron chi connectivity index (χ2n) is 8.24. The molecule has 3 heterocycles. The van der Waals surface area contributed by atoms with Crippen LogP contribution in [0.5, 0.6) is 0 Å². The standard InChI is InChI=1S/C25H24ClN3O4/c26-17-8-10-18(11-9-17)29-25(31)23-21(33-20-7-3-2-6-19(20)24(23)27-29)16-22(30)32-15-14-28-12-4-1-5-13-28/h2-3,6-11H,1,4-5,12-16H2. The number of rotatable bonds is 6. The maximum Gasteiger partial charge on any atom is 0.313 e. The van der Waals surface area contributed by atoms with Gasteiger partial charge in [0, 0.05) is 17.0 Å². The summed E-state index contributed by atoms with van der Waals surface area (Å²) in [5, 5.41) is 5.85. The SMILES string of the molecule is O=C(Cc1oc2ccccc2c2nn(-c3ccc(Cl)cc3)c(=O)c1-2)OCCN1CCCCC1. The minimum absolute atomic E-state index is 0.136. The first-order valence-corrected chi connectivity index (χ1v) is 11.6. The first-order valence-electron chi connectivity index (χ1n) is 11.2. The lowest BCUT2D eigenvalue weighted by Gasteiger charge is -2.25. The van der Waals surface area contributed by atoms with Crippen LogP contribution in [0.3, 0.4) is 0 Å². The second-order valence-corrected chi connectivity index (χ2v) is 8.67. The lowest BCUT2D eigenvalue weighted by molar-refractivity contribution is -0.143. The van der Waals surface area contributed by atoms with E-state index in [1.165, 1.54) is 23.9 Å². The molecule has 0 N–H and O–H groups in total. The molecular weight excluding hydrogens is 442 g/mol. The molecule has 3 aliphatic rings. The molecule has 0 aromatic heterocycles. The van der Waals surface area contributed by atoms with Crippen LogP contribution in [-0.2, 0) is 16.0 Å². The van der Waals surface area contributed by atoms with E-state index in [-0.39, 0.29) is 23.3 Å². The van der Waals surface area contributed by atoms with Gasteiger partial charge in [-0.05, 0) is 62.3 Å². The van der Waals surface area contributed by atoms with Gasteiger partial charge in [-0.15, -0.1) is 0 Å². The number of para-hydroxylation sites is 1. The Morgan fingerprint density at radius 1 is 1.06 bits per heavy atom. The van der Waals surface area contributed by atoms with Crippen molar-refractivity contribution in [3.63, 3.8) is 0 Å². The first kappa shape index (κ1) is 21.7. The molecule has 0 amide bonds. The molecule has 2 aromatic rings. The largest absolute Gasteiger partial charge is 0.464 e. The summed E-state index contributed by atoms with van der Waals surface area (Å²) >= 11 is 5.99. The highest BCUT2D eigenvalue weighted by Crippen LogP contribution is 2.32. The number of piperidine rings is 1. The molecule has 0 atom stereocenters. The number of ether oxygens (including phenoxy) is 1. The zero-order valence-electron chi connectivity index (χ0n) is 18.1. The highest BCUT2D eigenvalue weighted by Gasteiger charge is 2.27. The fourth-order valence-electron chi connectivity index (χ4n) is 4.31. The monoisotopic (exact) mass is 465 g/mol. The van der Waals surface area contributed by atoms with E-state index < -0.39 is 5.97 Å². The van der Waals surface area contributed by atoms with Crippen molar-refractivity contribution in [1.29, 1.82) is 0 Å². The minimum Gasteiger partial charge on any atom is -0.464 e. The van der Waals surface area contributed by atoms with Crippen molar-refractivity contribution in [2.75, 3.05) is 26.2 Å². The molecule has 0 aliphatic carbocycles. The number of nitrogens with zero attached hydrogens (tertiary/aromatic N) is 3. The number of halogens is 1. The zero-order valence-corrected chi connectivity index (χ0v) is 18.9. The second kappa shape index (κ2) is 9.37. The molecule has 0 spiro atoms. The predicted octanol–water partition coefficient (Wildman–Crippen LogP) is 4.31. The van der Waals surface area contributed by atoms with E-state index in [1.54, 1.807) is 30.3 Å². The third-order valence-electron chi connectivity index (χ3n) is 5.99. The molecule has 0 bridgehead atoms. The van der Waals surface area contributed by atoms with E-state index in [9.17, 15) is 9.59 Å². The van der Waals surface area contributed by atoms with Crippen molar-refractivity contribution >= 4 is 28.5 Å². The van der Waals surface area contributed by atoms with Crippen LogP contribution in [0.15, 0.2) is 57.7 Å². The average molecular weight is 466 g/mol. The Bertz CT molecular complexity index is 1310. The van der Waals surface area contributed by atoms with Gasteiger partial charge in [0.1, 0.15) is 35.6 Å². The van der Waals surface area contributed by atoms with Crippen molar-refractivity contribution in [1.82, 2.24) is 14.7 Å². The van der Waals surface area contributed by atoms with Crippen molar-refractivity contribution in [2.24, 2.45) is 0 Å². The Labute approximate surface area is 195 Å². The molecule has 0 saturated carbocycles. The molecule has 5 rings (SSSR count). The van der Waals surface area contributed by atoms with Crippen molar-refractivity contribution in [2.45, 2.75) is 25.7 Å². The zero-order chi connectivity index (χ0) is 22.8. The van der Waals surface area contributed by atoms with Crippen LogP contribution in [0.1, 0.15) is 25.0 Å². The van der Waals surface area contributed by atoms with Crippen LogP contribution in [0.25, 0.3) is 27.9 Å². The van der Waals surface area contributed by atoms with Crippen LogP contribution in [0, 0.1) is 0 Å². The smallest absolute Gasteiger partial charge is 0.313 e. The van der Waals surface area contributed by atoms with Gasteiger partial charge in [-0.2, -0.15) is 9.78 Å². The summed E-state index contributed by atoms with van der Waals surface area (Å²) < 4.78 is 12.8. The lowest BCUT2D eigenvalue weighted by atomic mass is 10.1. The van der Waals surface area contributed by atoms with Crippen LogP contribution < -0.4 is 5.56 Å². The normalized spacial score (nSPS) is 14.7. The van der Waals surface area contributed by atoms with Crippen molar-refractivity contribution < 1.29 is 13.9 Å². The van der Waals surface area contributed by atoms with E-state index in [0.29, 0.717) is 34.0 Å². The Morgan fingerprint density at radius 2 is 1.82 bits per heavy atom. The van der Waals surface area contributed by atoms with E-state index in [1.807, 2.05) is 18.2 Å². The molecule has 170 valence electrons. The number of carbonyl (C=O) groups is 1. The maximum atomic E-state index is 13.3. The molecular formula is C25H24ClN3O4. The predicted molar refractivity (Wildman–Crippen MR) is 126 cm³/mol.